The molecule has 5 rings (SSSR count). The second-order valence-corrected chi connectivity index (χ2v) is 11.6. The average Bonchev–Trinajstić information content (AvgIpc) is 3.13. The van der Waals surface area contributed by atoms with E-state index in [4.69, 9.17) is 11.6 Å². The van der Waals surface area contributed by atoms with Gasteiger partial charge in [-0.3, -0.25) is 9.36 Å². The standard InChI is InChI=1S/C27H23ClN4O6S/c1-15(24(33)34)16(2)32-26(35)30-25(31(27(32)36)14-17-7-9-18(28)10-8-17)29-19-11-12-23-21(13-19)20-5-3-4-6-22(20)39(23,37)38/h3-13,15-16H,14H2,1-2H3,(H,33,34)(H,29,30,35)/t15-,16+/m1/s1. The number of carbonyl (C=O) groups is 1. The molecule has 0 aliphatic carbocycles. The monoisotopic (exact) mass is 566 g/mol. The predicted molar refractivity (Wildman–Crippen MR) is 145 cm³/mol. The Labute approximate surface area is 228 Å². The topological polar surface area (TPSA) is 140 Å². The van der Waals surface area contributed by atoms with Crippen molar-refractivity contribution in [2.45, 2.75) is 36.2 Å². The maximum absolute atomic E-state index is 13.6. The Hall–Kier alpha value is -4.22. The van der Waals surface area contributed by atoms with Crippen LogP contribution < -0.4 is 16.7 Å². The lowest BCUT2D eigenvalue weighted by Gasteiger charge is -2.21. The molecule has 0 bridgehead atoms. The van der Waals surface area contributed by atoms with Crippen LogP contribution in [0.3, 0.4) is 0 Å². The van der Waals surface area contributed by atoms with Crippen molar-refractivity contribution >= 4 is 39.0 Å². The van der Waals surface area contributed by atoms with Crippen LogP contribution in [0, 0.1) is 5.92 Å². The number of aromatic nitrogens is 3. The quantitative estimate of drug-likeness (QED) is 0.302. The smallest absolute Gasteiger partial charge is 0.355 e. The number of carboxylic acids is 1. The van der Waals surface area contributed by atoms with E-state index in [0.717, 1.165) is 4.57 Å². The average molecular weight is 567 g/mol. The van der Waals surface area contributed by atoms with Crippen LogP contribution in [0.2, 0.25) is 5.02 Å². The van der Waals surface area contributed by atoms with Gasteiger partial charge in [-0.05, 0) is 55.8 Å². The second-order valence-electron chi connectivity index (χ2n) is 9.29. The lowest BCUT2D eigenvalue weighted by atomic mass is 10.0. The van der Waals surface area contributed by atoms with Gasteiger partial charge in [-0.1, -0.05) is 41.9 Å². The minimum atomic E-state index is -3.66. The van der Waals surface area contributed by atoms with Gasteiger partial charge in [0.15, 0.2) is 0 Å². The number of nitrogens with zero attached hydrogens (tertiary/aromatic N) is 3. The number of hydrogen-bond acceptors (Lipinski definition) is 7. The van der Waals surface area contributed by atoms with Gasteiger partial charge < -0.3 is 10.4 Å². The molecule has 39 heavy (non-hydrogen) atoms. The number of rotatable bonds is 7. The van der Waals surface area contributed by atoms with Gasteiger partial charge in [0, 0.05) is 21.8 Å². The van der Waals surface area contributed by atoms with Gasteiger partial charge >= 0.3 is 17.3 Å². The maximum atomic E-state index is 13.6. The van der Waals surface area contributed by atoms with Crippen molar-refractivity contribution < 1.29 is 18.3 Å². The van der Waals surface area contributed by atoms with Crippen LogP contribution in [0.4, 0.5) is 11.6 Å². The van der Waals surface area contributed by atoms with E-state index in [1.165, 1.54) is 30.5 Å². The van der Waals surface area contributed by atoms with Crippen molar-refractivity contribution in [3.05, 3.63) is 98.3 Å². The Balaban J connectivity index is 1.63. The van der Waals surface area contributed by atoms with Crippen LogP contribution in [-0.4, -0.2) is 33.6 Å². The minimum absolute atomic E-state index is 0.00193. The zero-order valence-corrected chi connectivity index (χ0v) is 22.4. The third-order valence-corrected chi connectivity index (χ3v) is 8.99. The van der Waals surface area contributed by atoms with E-state index in [2.05, 4.69) is 10.3 Å². The summed E-state index contributed by atoms with van der Waals surface area (Å²) in [6.45, 7) is 2.88. The first-order valence-corrected chi connectivity index (χ1v) is 13.8. The Kier molecular flexibility index (Phi) is 6.65. The van der Waals surface area contributed by atoms with Gasteiger partial charge in [0.05, 0.1) is 28.3 Å². The van der Waals surface area contributed by atoms with Crippen molar-refractivity contribution in [3.8, 4) is 11.1 Å². The summed E-state index contributed by atoms with van der Waals surface area (Å²) < 4.78 is 27.9. The molecule has 0 amide bonds. The highest BCUT2D eigenvalue weighted by Crippen LogP contribution is 2.44. The van der Waals surface area contributed by atoms with Gasteiger partial charge in [-0.2, -0.15) is 4.98 Å². The highest BCUT2D eigenvalue weighted by molar-refractivity contribution is 7.92. The van der Waals surface area contributed by atoms with Gasteiger partial charge in [0.1, 0.15) is 0 Å². The van der Waals surface area contributed by atoms with Crippen molar-refractivity contribution in [2.75, 3.05) is 5.32 Å². The van der Waals surface area contributed by atoms with Crippen LogP contribution in [0.25, 0.3) is 11.1 Å². The molecule has 12 heteroatoms. The maximum Gasteiger partial charge on any atom is 0.355 e. The molecule has 0 saturated carbocycles. The summed E-state index contributed by atoms with van der Waals surface area (Å²) in [6, 6.07) is 17.1. The third kappa shape index (κ3) is 4.64. The van der Waals surface area contributed by atoms with Gasteiger partial charge in [-0.15, -0.1) is 0 Å². The molecule has 4 aromatic rings. The zero-order valence-electron chi connectivity index (χ0n) is 20.8. The molecule has 0 saturated heterocycles. The number of anilines is 2. The summed E-state index contributed by atoms with van der Waals surface area (Å²) in [6.07, 6.45) is 0. The Morgan fingerprint density at radius 3 is 2.36 bits per heavy atom. The van der Waals surface area contributed by atoms with E-state index in [-0.39, 0.29) is 22.3 Å². The lowest BCUT2D eigenvalue weighted by Crippen LogP contribution is -2.46. The summed E-state index contributed by atoms with van der Waals surface area (Å²) in [5, 5.41) is 12.9. The number of halogens is 1. The Morgan fingerprint density at radius 2 is 1.67 bits per heavy atom. The Bertz CT molecular complexity index is 1850. The highest BCUT2D eigenvalue weighted by Gasteiger charge is 2.33. The summed E-state index contributed by atoms with van der Waals surface area (Å²) in [7, 11) is -3.66. The first kappa shape index (κ1) is 26.4. The fraction of sp³-hybridized carbons (Fsp3) is 0.185. The molecule has 0 radical (unpaired) electrons. The molecule has 2 atom stereocenters. The number of carboxylic acid groups (broad SMARTS) is 1. The summed E-state index contributed by atoms with van der Waals surface area (Å²) in [5.41, 5.74) is 0.464. The zero-order chi connectivity index (χ0) is 28.1. The Morgan fingerprint density at radius 1 is 1.00 bits per heavy atom. The van der Waals surface area contributed by atoms with Crippen LogP contribution in [0.5, 0.6) is 0 Å². The molecular weight excluding hydrogens is 544 g/mol. The van der Waals surface area contributed by atoms with Gasteiger partial charge in [0.25, 0.3) is 0 Å². The first-order chi connectivity index (χ1) is 18.5. The number of nitrogens with one attached hydrogen (secondary N) is 1. The molecule has 3 aromatic carbocycles. The molecule has 0 unspecified atom stereocenters. The number of hydrogen-bond donors (Lipinski definition) is 2. The van der Waals surface area contributed by atoms with E-state index in [9.17, 15) is 27.9 Å². The van der Waals surface area contributed by atoms with E-state index in [1.807, 2.05) is 0 Å². The molecule has 200 valence electrons. The third-order valence-electron chi connectivity index (χ3n) is 6.87. The second kappa shape index (κ2) is 9.83. The molecule has 2 N–H and O–H groups in total. The van der Waals surface area contributed by atoms with Crippen molar-refractivity contribution in [3.63, 3.8) is 0 Å². The highest BCUT2D eigenvalue weighted by atomic mass is 35.5. The molecule has 10 nitrogen and oxygen atoms in total. The number of sulfone groups is 1. The fourth-order valence-electron chi connectivity index (χ4n) is 4.52. The van der Waals surface area contributed by atoms with Gasteiger partial charge in [0.2, 0.25) is 15.8 Å². The fourth-order valence-corrected chi connectivity index (χ4v) is 6.31. The molecule has 0 fully saturated rings. The number of benzene rings is 3. The van der Waals surface area contributed by atoms with E-state index in [0.29, 0.717) is 27.4 Å². The van der Waals surface area contributed by atoms with E-state index in [1.54, 1.807) is 54.6 Å². The van der Waals surface area contributed by atoms with Crippen molar-refractivity contribution in [2.24, 2.45) is 5.92 Å². The molecule has 1 aliphatic rings. The lowest BCUT2D eigenvalue weighted by molar-refractivity contribution is -0.142. The first-order valence-electron chi connectivity index (χ1n) is 11.9. The molecule has 1 aromatic heterocycles. The molecule has 2 heterocycles. The molecule has 1 aliphatic heterocycles. The van der Waals surface area contributed by atoms with Crippen LogP contribution in [-0.2, 0) is 21.2 Å². The normalized spacial score (nSPS) is 14.7. The summed E-state index contributed by atoms with van der Waals surface area (Å²) in [5.74, 6) is -2.27. The van der Waals surface area contributed by atoms with Crippen molar-refractivity contribution in [1.82, 2.24) is 14.1 Å². The summed E-state index contributed by atoms with van der Waals surface area (Å²) >= 11 is 6.00. The summed E-state index contributed by atoms with van der Waals surface area (Å²) in [4.78, 5) is 42.7. The predicted octanol–water partition coefficient (Wildman–Crippen LogP) is 3.95. The molecular formula is C27H23ClN4O6S. The molecule has 0 spiro atoms. The van der Waals surface area contributed by atoms with E-state index >= 15 is 0 Å². The van der Waals surface area contributed by atoms with Crippen molar-refractivity contribution in [1.29, 1.82) is 0 Å². The van der Waals surface area contributed by atoms with Gasteiger partial charge in [-0.25, -0.2) is 22.6 Å². The SMILES string of the molecule is C[C@@H](C(=O)O)[C@H](C)n1c(=O)nc(Nc2ccc3c(c2)-c2ccccc2S3(=O)=O)n(Cc2ccc(Cl)cc2)c1=O. The number of fused-ring (bicyclic) bond motifs is 3. The van der Waals surface area contributed by atoms with Crippen LogP contribution in [0.15, 0.2) is 86.1 Å². The largest absolute Gasteiger partial charge is 0.481 e. The number of aliphatic carboxylic acids is 1. The van der Waals surface area contributed by atoms with Crippen LogP contribution >= 0.6 is 11.6 Å². The van der Waals surface area contributed by atoms with Crippen LogP contribution in [0.1, 0.15) is 25.5 Å². The van der Waals surface area contributed by atoms with E-state index < -0.39 is 39.1 Å². The minimum Gasteiger partial charge on any atom is -0.481 e.